The van der Waals surface area contributed by atoms with Gasteiger partial charge in [-0.1, -0.05) is 12.1 Å². The normalized spacial score (nSPS) is 10.5. The van der Waals surface area contributed by atoms with E-state index in [1.165, 1.54) is 14.2 Å². The van der Waals surface area contributed by atoms with E-state index in [-0.39, 0.29) is 12.1 Å². The molecule has 0 aliphatic rings. The van der Waals surface area contributed by atoms with E-state index in [1.54, 1.807) is 24.3 Å². The van der Waals surface area contributed by atoms with Crippen LogP contribution in [0.1, 0.15) is 5.82 Å². The monoisotopic (exact) mass is 313 g/mol. The van der Waals surface area contributed by atoms with E-state index in [2.05, 4.69) is 25.3 Å². The summed E-state index contributed by atoms with van der Waals surface area (Å²) in [6.45, 7) is 0.260. The van der Waals surface area contributed by atoms with Crippen LogP contribution in [0.2, 0.25) is 0 Å². The van der Waals surface area contributed by atoms with Gasteiger partial charge in [-0.15, -0.1) is 0 Å². The maximum atomic E-state index is 12.0. The van der Waals surface area contributed by atoms with Crippen molar-refractivity contribution in [2.75, 3.05) is 19.5 Å². The lowest BCUT2D eigenvalue weighted by Gasteiger charge is -2.08. The lowest BCUT2D eigenvalue weighted by molar-refractivity contribution is 0.373. The Hall–Kier alpha value is -3.16. The molecule has 0 bridgehead atoms. The van der Waals surface area contributed by atoms with E-state index in [1.807, 2.05) is 6.07 Å². The van der Waals surface area contributed by atoms with Crippen LogP contribution in [0.25, 0.3) is 10.9 Å². The lowest BCUT2D eigenvalue weighted by atomic mass is 10.2. The van der Waals surface area contributed by atoms with Crippen LogP contribution in [0.3, 0.4) is 0 Å². The number of nitrogens with zero attached hydrogens (tertiary/aromatic N) is 3. The van der Waals surface area contributed by atoms with Crippen molar-refractivity contribution in [3.8, 4) is 11.8 Å². The van der Waals surface area contributed by atoms with Crippen molar-refractivity contribution in [3.05, 3.63) is 46.5 Å². The third-order valence-corrected chi connectivity index (χ3v) is 3.17. The van der Waals surface area contributed by atoms with Crippen molar-refractivity contribution in [1.29, 1.82) is 0 Å². The van der Waals surface area contributed by atoms with Gasteiger partial charge in [-0.2, -0.15) is 9.97 Å². The molecule has 2 aromatic heterocycles. The first-order chi connectivity index (χ1) is 11.2. The fourth-order valence-electron chi connectivity index (χ4n) is 2.07. The van der Waals surface area contributed by atoms with Gasteiger partial charge >= 0.3 is 0 Å². The van der Waals surface area contributed by atoms with Crippen molar-refractivity contribution in [1.82, 2.24) is 19.9 Å². The predicted molar refractivity (Wildman–Crippen MR) is 84.8 cm³/mol. The van der Waals surface area contributed by atoms with Crippen molar-refractivity contribution in [2.45, 2.75) is 6.54 Å². The number of hydrogen-bond acceptors (Lipinski definition) is 7. The molecule has 0 saturated heterocycles. The predicted octanol–water partition coefficient (Wildman–Crippen LogP) is 1.34. The van der Waals surface area contributed by atoms with E-state index in [0.29, 0.717) is 34.4 Å². The fraction of sp³-hybridized carbons (Fsp3) is 0.200. The summed E-state index contributed by atoms with van der Waals surface area (Å²) in [6, 6.07) is 8.73. The van der Waals surface area contributed by atoms with Crippen LogP contribution < -0.4 is 20.3 Å². The first-order valence-electron chi connectivity index (χ1n) is 6.88. The summed E-state index contributed by atoms with van der Waals surface area (Å²) in [4.78, 5) is 27.5. The maximum Gasteiger partial charge on any atom is 0.258 e. The van der Waals surface area contributed by atoms with Crippen molar-refractivity contribution in [3.63, 3.8) is 0 Å². The van der Waals surface area contributed by atoms with Crippen LogP contribution in [0.15, 0.2) is 35.1 Å². The molecular weight excluding hydrogens is 298 g/mol. The molecule has 8 nitrogen and oxygen atoms in total. The Kier molecular flexibility index (Phi) is 4.05. The number of methoxy groups -OCH3 is 2. The van der Waals surface area contributed by atoms with Gasteiger partial charge in [-0.25, -0.2) is 4.98 Å². The molecule has 0 aliphatic carbocycles. The van der Waals surface area contributed by atoms with Crippen LogP contribution in [0.5, 0.6) is 11.8 Å². The molecule has 23 heavy (non-hydrogen) atoms. The number of ether oxygens (including phenoxy) is 2. The van der Waals surface area contributed by atoms with Crippen LogP contribution in [-0.2, 0) is 6.54 Å². The Morgan fingerprint density at radius 1 is 1.09 bits per heavy atom. The maximum absolute atomic E-state index is 12.0. The van der Waals surface area contributed by atoms with Crippen molar-refractivity contribution in [2.24, 2.45) is 0 Å². The minimum absolute atomic E-state index is 0.184. The number of para-hydroxylation sites is 1. The first-order valence-corrected chi connectivity index (χ1v) is 6.88. The number of rotatable bonds is 5. The van der Waals surface area contributed by atoms with Crippen molar-refractivity contribution < 1.29 is 9.47 Å². The number of H-pyrrole nitrogens is 1. The smallest absolute Gasteiger partial charge is 0.258 e. The molecule has 3 aromatic rings. The number of aromatic nitrogens is 4. The number of benzene rings is 1. The lowest BCUT2D eigenvalue weighted by Crippen LogP contribution is -2.15. The minimum atomic E-state index is -0.184. The molecule has 0 aliphatic heterocycles. The highest BCUT2D eigenvalue weighted by Crippen LogP contribution is 2.17. The highest BCUT2D eigenvalue weighted by Gasteiger charge is 2.07. The van der Waals surface area contributed by atoms with Crippen LogP contribution in [-0.4, -0.2) is 34.2 Å². The Morgan fingerprint density at radius 2 is 1.78 bits per heavy atom. The van der Waals surface area contributed by atoms with Crippen LogP contribution in [0, 0.1) is 0 Å². The SMILES string of the molecule is COc1cc(OC)nc(NCc2nc3ccccc3c(=O)[nH]2)n1. The number of aromatic amines is 1. The Labute approximate surface area is 131 Å². The molecular formula is C15H15N5O3. The van der Waals surface area contributed by atoms with Gasteiger partial charge in [0.1, 0.15) is 5.82 Å². The topological polar surface area (TPSA) is 102 Å². The van der Waals surface area contributed by atoms with E-state index in [9.17, 15) is 4.79 Å². The number of nitrogens with one attached hydrogen (secondary N) is 2. The Balaban J connectivity index is 1.84. The largest absolute Gasteiger partial charge is 0.481 e. The van der Waals surface area contributed by atoms with E-state index < -0.39 is 0 Å². The average molecular weight is 313 g/mol. The first kappa shape index (κ1) is 14.8. The molecule has 0 saturated carbocycles. The number of hydrogen-bond donors (Lipinski definition) is 2. The molecule has 1 aromatic carbocycles. The third-order valence-electron chi connectivity index (χ3n) is 3.17. The molecule has 0 unspecified atom stereocenters. The van der Waals surface area contributed by atoms with Gasteiger partial charge in [0.25, 0.3) is 5.56 Å². The van der Waals surface area contributed by atoms with Crippen LogP contribution in [0.4, 0.5) is 5.95 Å². The Bertz CT molecular complexity index is 871. The molecule has 2 N–H and O–H groups in total. The summed E-state index contributed by atoms with van der Waals surface area (Å²) in [5.41, 5.74) is 0.453. The summed E-state index contributed by atoms with van der Waals surface area (Å²) < 4.78 is 10.2. The molecule has 3 rings (SSSR count). The average Bonchev–Trinajstić information content (AvgIpc) is 2.59. The quantitative estimate of drug-likeness (QED) is 0.733. The highest BCUT2D eigenvalue weighted by molar-refractivity contribution is 5.77. The van der Waals surface area contributed by atoms with Gasteiger partial charge in [0.05, 0.1) is 37.7 Å². The molecule has 0 amide bonds. The zero-order chi connectivity index (χ0) is 16.2. The summed E-state index contributed by atoms with van der Waals surface area (Å²) in [6.07, 6.45) is 0. The van der Waals surface area contributed by atoms with Gasteiger partial charge in [0.15, 0.2) is 0 Å². The zero-order valence-electron chi connectivity index (χ0n) is 12.7. The van der Waals surface area contributed by atoms with Crippen molar-refractivity contribution >= 4 is 16.9 Å². The fourth-order valence-corrected chi connectivity index (χ4v) is 2.07. The second kappa shape index (κ2) is 6.30. The third kappa shape index (κ3) is 3.20. The van der Waals surface area contributed by atoms with Gasteiger partial charge in [0.2, 0.25) is 17.7 Å². The highest BCUT2D eigenvalue weighted by atomic mass is 16.5. The van der Waals surface area contributed by atoms with Crippen LogP contribution >= 0.6 is 0 Å². The minimum Gasteiger partial charge on any atom is -0.481 e. The number of fused-ring (bicyclic) bond motifs is 1. The standard InChI is InChI=1S/C15H15N5O3/c1-22-12-7-13(23-2)20-15(19-12)16-8-11-17-10-6-4-3-5-9(10)14(21)18-11/h3-7H,8H2,1-2H3,(H,16,19,20)(H,17,18,21). The Morgan fingerprint density at radius 3 is 2.48 bits per heavy atom. The van der Waals surface area contributed by atoms with E-state index >= 15 is 0 Å². The summed E-state index contributed by atoms with van der Waals surface area (Å²) in [5, 5.41) is 3.54. The van der Waals surface area contributed by atoms with Gasteiger partial charge in [-0.05, 0) is 12.1 Å². The summed E-state index contributed by atoms with van der Waals surface area (Å²) in [5.74, 6) is 1.55. The molecule has 0 radical (unpaired) electrons. The second-order valence-corrected chi connectivity index (χ2v) is 4.66. The molecule has 0 atom stereocenters. The van der Waals surface area contributed by atoms with Gasteiger partial charge in [0, 0.05) is 0 Å². The zero-order valence-corrected chi connectivity index (χ0v) is 12.7. The molecule has 0 fully saturated rings. The van der Waals surface area contributed by atoms with Gasteiger partial charge in [-0.3, -0.25) is 4.79 Å². The molecule has 8 heteroatoms. The van der Waals surface area contributed by atoms with E-state index in [0.717, 1.165) is 0 Å². The molecule has 0 spiro atoms. The molecule has 118 valence electrons. The van der Waals surface area contributed by atoms with Gasteiger partial charge < -0.3 is 19.8 Å². The summed E-state index contributed by atoms with van der Waals surface area (Å²) in [7, 11) is 3.02. The second-order valence-electron chi connectivity index (χ2n) is 4.66. The number of anilines is 1. The van der Waals surface area contributed by atoms with E-state index in [4.69, 9.17) is 9.47 Å². The molecule has 2 heterocycles. The summed E-state index contributed by atoms with van der Waals surface area (Å²) >= 11 is 0.